The first-order chi connectivity index (χ1) is 13.1. The number of carbonyl (C=O) groups excluding carboxylic acids is 1. The summed E-state index contributed by atoms with van der Waals surface area (Å²) in [6.07, 6.45) is -0.458. The largest absolute Gasteiger partial charge is 0.494 e. The van der Waals surface area contributed by atoms with Crippen molar-refractivity contribution in [1.82, 2.24) is 4.90 Å². The van der Waals surface area contributed by atoms with E-state index in [4.69, 9.17) is 14.0 Å². The fraction of sp³-hybridized carbons (Fsp3) is 0.381. The first-order valence-corrected chi connectivity index (χ1v) is 9.34. The van der Waals surface area contributed by atoms with Gasteiger partial charge in [-0.1, -0.05) is 18.2 Å². The van der Waals surface area contributed by atoms with Crippen LogP contribution in [0.2, 0.25) is 0 Å². The second-order valence-electron chi connectivity index (χ2n) is 8.29. The lowest BCUT2D eigenvalue weighted by molar-refractivity contribution is 0.00578. The Balaban J connectivity index is 1.40. The Bertz CT molecular complexity index is 897. The van der Waals surface area contributed by atoms with E-state index in [-0.39, 0.29) is 5.82 Å². The van der Waals surface area contributed by atoms with Crippen LogP contribution in [0, 0.1) is 5.82 Å². The molecule has 2 heterocycles. The molecule has 2 aliphatic rings. The van der Waals surface area contributed by atoms with E-state index in [2.05, 4.69) is 0 Å². The van der Waals surface area contributed by atoms with Gasteiger partial charge < -0.3 is 14.0 Å². The second kappa shape index (κ2) is 6.60. The van der Waals surface area contributed by atoms with Crippen molar-refractivity contribution < 1.29 is 23.2 Å². The van der Waals surface area contributed by atoms with Gasteiger partial charge >= 0.3 is 13.2 Å². The first kappa shape index (κ1) is 19.0. The standard InChI is InChI=1S/C21H23BFNO4/c1-20(2)21(3,4)28-22(27-20)16-6-9-18(10-7-16)26-19(25)24-12-14-5-8-17(23)11-15(14)13-24/h5-11H,12-13H2,1-4H3. The van der Waals surface area contributed by atoms with E-state index in [0.717, 1.165) is 16.6 Å². The summed E-state index contributed by atoms with van der Waals surface area (Å²) in [5.41, 5.74) is 1.80. The summed E-state index contributed by atoms with van der Waals surface area (Å²) in [5.74, 6) is 0.139. The monoisotopic (exact) mass is 383 g/mol. The smallest absolute Gasteiger partial charge is 0.410 e. The van der Waals surface area contributed by atoms with Crippen molar-refractivity contribution >= 4 is 18.7 Å². The van der Waals surface area contributed by atoms with Gasteiger partial charge in [0.2, 0.25) is 0 Å². The maximum absolute atomic E-state index is 13.3. The summed E-state index contributed by atoms with van der Waals surface area (Å²) in [6.45, 7) is 8.77. The molecule has 1 saturated heterocycles. The molecule has 5 nitrogen and oxygen atoms in total. The Morgan fingerprint density at radius 3 is 2.25 bits per heavy atom. The predicted octanol–water partition coefficient (Wildman–Crippen LogP) is 3.64. The number of benzene rings is 2. The molecule has 2 aromatic rings. The number of rotatable bonds is 2. The van der Waals surface area contributed by atoms with Gasteiger partial charge in [0.15, 0.2) is 0 Å². The number of fused-ring (bicyclic) bond motifs is 1. The van der Waals surface area contributed by atoms with Crippen LogP contribution in [0.25, 0.3) is 0 Å². The summed E-state index contributed by atoms with van der Waals surface area (Å²) < 4.78 is 30.9. The van der Waals surface area contributed by atoms with E-state index in [0.29, 0.717) is 18.8 Å². The lowest BCUT2D eigenvalue weighted by atomic mass is 9.79. The lowest BCUT2D eigenvalue weighted by Gasteiger charge is -2.32. The summed E-state index contributed by atoms with van der Waals surface area (Å²) >= 11 is 0. The Labute approximate surface area is 164 Å². The Kier molecular flexibility index (Phi) is 4.47. The molecule has 0 N–H and O–H groups in total. The van der Waals surface area contributed by atoms with Gasteiger partial charge in [-0.15, -0.1) is 0 Å². The number of nitrogens with zero attached hydrogens (tertiary/aromatic N) is 1. The third-order valence-electron chi connectivity index (χ3n) is 5.76. The molecule has 7 heteroatoms. The van der Waals surface area contributed by atoms with E-state index in [1.807, 2.05) is 39.8 Å². The van der Waals surface area contributed by atoms with Crippen LogP contribution in [0.1, 0.15) is 38.8 Å². The summed E-state index contributed by atoms with van der Waals surface area (Å²) in [7, 11) is -0.460. The third-order valence-corrected chi connectivity index (χ3v) is 5.76. The summed E-state index contributed by atoms with van der Waals surface area (Å²) in [4.78, 5) is 14.0. The van der Waals surface area contributed by atoms with Crippen molar-refractivity contribution in [1.29, 1.82) is 0 Å². The van der Waals surface area contributed by atoms with Crippen LogP contribution >= 0.6 is 0 Å². The molecule has 4 rings (SSSR count). The molecule has 146 valence electrons. The van der Waals surface area contributed by atoms with Gasteiger partial charge in [-0.3, -0.25) is 4.90 Å². The molecule has 1 amide bonds. The molecule has 0 radical (unpaired) electrons. The van der Waals surface area contributed by atoms with Gasteiger partial charge in [-0.05, 0) is 68.6 Å². The summed E-state index contributed by atoms with van der Waals surface area (Å²) in [6, 6.07) is 11.7. The van der Waals surface area contributed by atoms with Crippen molar-refractivity contribution in [2.45, 2.75) is 52.0 Å². The van der Waals surface area contributed by atoms with E-state index < -0.39 is 24.4 Å². The molecule has 0 unspecified atom stereocenters. The van der Waals surface area contributed by atoms with Crippen LogP contribution in [-0.2, 0) is 22.4 Å². The van der Waals surface area contributed by atoms with Crippen molar-refractivity contribution in [3.05, 3.63) is 59.4 Å². The van der Waals surface area contributed by atoms with Crippen LogP contribution < -0.4 is 10.2 Å². The Hall–Kier alpha value is -2.38. The Morgan fingerprint density at radius 1 is 1.00 bits per heavy atom. The highest BCUT2D eigenvalue weighted by Gasteiger charge is 2.51. The molecule has 2 aromatic carbocycles. The van der Waals surface area contributed by atoms with E-state index in [9.17, 15) is 9.18 Å². The highest BCUT2D eigenvalue weighted by molar-refractivity contribution is 6.62. The minimum atomic E-state index is -0.460. The molecule has 0 bridgehead atoms. The predicted molar refractivity (Wildman–Crippen MR) is 104 cm³/mol. The maximum atomic E-state index is 13.3. The third kappa shape index (κ3) is 3.40. The van der Waals surface area contributed by atoms with E-state index in [1.165, 1.54) is 12.1 Å². The fourth-order valence-electron chi connectivity index (χ4n) is 3.33. The molecule has 0 saturated carbocycles. The van der Waals surface area contributed by atoms with E-state index >= 15 is 0 Å². The molecule has 1 fully saturated rings. The fourth-order valence-corrected chi connectivity index (χ4v) is 3.33. The molecular weight excluding hydrogens is 360 g/mol. The number of ether oxygens (including phenoxy) is 1. The highest BCUT2D eigenvalue weighted by Crippen LogP contribution is 2.36. The number of hydrogen-bond acceptors (Lipinski definition) is 4. The zero-order valence-electron chi connectivity index (χ0n) is 16.5. The number of amides is 1. The molecule has 0 aromatic heterocycles. The normalized spacial score (nSPS) is 19.6. The van der Waals surface area contributed by atoms with Crippen LogP contribution in [0.15, 0.2) is 42.5 Å². The van der Waals surface area contributed by atoms with Crippen LogP contribution in [0.5, 0.6) is 5.75 Å². The van der Waals surface area contributed by atoms with Gasteiger partial charge in [-0.25, -0.2) is 9.18 Å². The highest BCUT2D eigenvalue weighted by atomic mass is 19.1. The number of halogens is 1. The minimum absolute atomic E-state index is 0.299. The molecule has 0 aliphatic carbocycles. The SMILES string of the molecule is CC1(C)OB(c2ccc(OC(=O)N3Cc4ccc(F)cc4C3)cc2)OC1(C)C. The second-order valence-corrected chi connectivity index (χ2v) is 8.29. The quantitative estimate of drug-likeness (QED) is 0.743. The van der Waals surface area contributed by atoms with Crippen LogP contribution in [0.3, 0.4) is 0 Å². The molecule has 2 aliphatic heterocycles. The first-order valence-electron chi connectivity index (χ1n) is 9.34. The van der Waals surface area contributed by atoms with E-state index in [1.54, 1.807) is 23.1 Å². The molecule has 0 spiro atoms. The van der Waals surface area contributed by atoms with Gasteiger partial charge in [0.25, 0.3) is 0 Å². The molecule has 0 atom stereocenters. The van der Waals surface area contributed by atoms with Crippen LogP contribution in [-0.4, -0.2) is 29.3 Å². The number of carbonyl (C=O) groups is 1. The van der Waals surface area contributed by atoms with Gasteiger partial charge in [0.1, 0.15) is 11.6 Å². The molecule has 28 heavy (non-hydrogen) atoms. The summed E-state index contributed by atoms with van der Waals surface area (Å²) in [5, 5.41) is 0. The van der Waals surface area contributed by atoms with Crippen molar-refractivity contribution in [2.75, 3.05) is 0 Å². The van der Waals surface area contributed by atoms with Gasteiger partial charge in [0, 0.05) is 13.1 Å². The average molecular weight is 383 g/mol. The van der Waals surface area contributed by atoms with Crippen molar-refractivity contribution in [2.24, 2.45) is 0 Å². The average Bonchev–Trinajstić information content (AvgIpc) is 3.13. The minimum Gasteiger partial charge on any atom is -0.410 e. The number of hydrogen-bond donors (Lipinski definition) is 0. The zero-order chi connectivity index (χ0) is 20.1. The van der Waals surface area contributed by atoms with Crippen molar-refractivity contribution in [3.63, 3.8) is 0 Å². The van der Waals surface area contributed by atoms with Gasteiger partial charge in [0.05, 0.1) is 11.2 Å². The Morgan fingerprint density at radius 2 is 1.61 bits per heavy atom. The van der Waals surface area contributed by atoms with Crippen LogP contribution in [0.4, 0.5) is 9.18 Å². The van der Waals surface area contributed by atoms with Crippen molar-refractivity contribution in [3.8, 4) is 5.75 Å². The topological polar surface area (TPSA) is 48.0 Å². The zero-order valence-corrected chi connectivity index (χ0v) is 16.5. The van der Waals surface area contributed by atoms with Gasteiger partial charge in [-0.2, -0.15) is 0 Å². The maximum Gasteiger partial charge on any atom is 0.494 e. The lowest BCUT2D eigenvalue weighted by Crippen LogP contribution is -2.41. The molecular formula is C21H23BFNO4.